The highest BCUT2D eigenvalue weighted by molar-refractivity contribution is 5.85. The van der Waals surface area contributed by atoms with Crippen LogP contribution in [0.4, 0.5) is 0 Å². The number of rotatable bonds is 5. The Morgan fingerprint density at radius 1 is 1.19 bits per heavy atom. The summed E-state index contributed by atoms with van der Waals surface area (Å²) in [5, 5.41) is 8.71. The molecule has 0 saturated heterocycles. The molecule has 2 aromatic carbocycles. The van der Waals surface area contributed by atoms with Gasteiger partial charge in [0.15, 0.2) is 0 Å². The normalized spacial score (nSPS) is 10.8. The number of carbonyl (C=O) groups is 1. The van der Waals surface area contributed by atoms with Crippen molar-refractivity contribution in [2.24, 2.45) is 0 Å². The number of aryl methyl sites for hydroxylation is 2. The molecule has 0 aromatic heterocycles. The summed E-state index contributed by atoms with van der Waals surface area (Å²) >= 11 is 0. The van der Waals surface area contributed by atoms with E-state index in [2.05, 4.69) is 18.2 Å². The van der Waals surface area contributed by atoms with E-state index in [4.69, 9.17) is 9.84 Å². The number of ether oxygens (including phenoxy) is 1. The van der Waals surface area contributed by atoms with Crippen LogP contribution in [0.2, 0.25) is 0 Å². The molecule has 21 heavy (non-hydrogen) atoms. The molecule has 0 heterocycles. The Morgan fingerprint density at radius 3 is 2.71 bits per heavy atom. The highest BCUT2D eigenvalue weighted by Crippen LogP contribution is 2.21. The van der Waals surface area contributed by atoms with Crippen LogP contribution in [0.5, 0.6) is 5.75 Å². The van der Waals surface area contributed by atoms with Crippen molar-refractivity contribution >= 4 is 12.0 Å². The molecule has 2 aromatic rings. The van der Waals surface area contributed by atoms with Crippen molar-refractivity contribution in [2.75, 3.05) is 0 Å². The topological polar surface area (TPSA) is 46.5 Å². The van der Waals surface area contributed by atoms with Crippen LogP contribution in [0.1, 0.15) is 22.3 Å². The molecular formula is C18H18O3. The van der Waals surface area contributed by atoms with Gasteiger partial charge in [0.2, 0.25) is 0 Å². The van der Waals surface area contributed by atoms with E-state index < -0.39 is 5.97 Å². The van der Waals surface area contributed by atoms with Crippen molar-refractivity contribution in [2.45, 2.75) is 20.5 Å². The van der Waals surface area contributed by atoms with Crippen LogP contribution in [0.15, 0.2) is 48.5 Å². The van der Waals surface area contributed by atoms with Gasteiger partial charge in [-0.1, -0.05) is 42.0 Å². The van der Waals surface area contributed by atoms with E-state index in [1.54, 1.807) is 6.08 Å². The second-order valence-corrected chi connectivity index (χ2v) is 4.93. The van der Waals surface area contributed by atoms with Crippen LogP contribution < -0.4 is 4.74 Å². The number of aliphatic carboxylic acids is 1. The van der Waals surface area contributed by atoms with Crippen LogP contribution in [0, 0.1) is 13.8 Å². The first-order valence-corrected chi connectivity index (χ1v) is 6.75. The monoisotopic (exact) mass is 282 g/mol. The molecule has 0 fully saturated rings. The van der Waals surface area contributed by atoms with Crippen LogP contribution >= 0.6 is 0 Å². The molecule has 0 unspecified atom stereocenters. The van der Waals surface area contributed by atoms with Crippen molar-refractivity contribution in [1.82, 2.24) is 0 Å². The molecule has 0 saturated carbocycles. The summed E-state index contributed by atoms with van der Waals surface area (Å²) in [5.74, 6) is -0.296. The van der Waals surface area contributed by atoms with E-state index in [1.807, 2.05) is 38.1 Å². The summed E-state index contributed by atoms with van der Waals surface area (Å²) in [5.41, 5.74) is 4.26. The van der Waals surface area contributed by atoms with Crippen molar-refractivity contribution in [3.8, 4) is 5.75 Å². The molecule has 0 atom stereocenters. The highest BCUT2D eigenvalue weighted by atomic mass is 16.5. The smallest absolute Gasteiger partial charge is 0.328 e. The molecule has 3 heteroatoms. The average molecular weight is 282 g/mol. The summed E-state index contributed by atoms with van der Waals surface area (Å²) in [6.07, 6.45) is 2.65. The Kier molecular flexibility index (Phi) is 4.77. The van der Waals surface area contributed by atoms with Crippen molar-refractivity contribution in [1.29, 1.82) is 0 Å². The summed E-state index contributed by atoms with van der Waals surface area (Å²) in [7, 11) is 0. The summed E-state index contributed by atoms with van der Waals surface area (Å²) < 4.78 is 5.85. The number of para-hydroxylation sites is 1. The van der Waals surface area contributed by atoms with Crippen molar-refractivity contribution < 1.29 is 14.6 Å². The van der Waals surface area contributed by atoms with Gasteiger partial charge in [0, 0.05) is 11.6 Å². The molecule has 0 bridgehead atoms. The van der Waals surface area contributed by atoms with Gasteiger partial charge in [-0.05, 0) is 37.1 Å². The number of carboxylic acids is 1. The van der Waals surface area contributed by atoms with E-state index in [0.29, 0.717) is 12.4 Å². The molecular weight excluding hydrogens is 264 g/mol. The van der Waals surface area contributed by atoms with Crippen LogP contribution in [0.25, 0.3) is 6.08 Å². The van der Waals surface area contributed by atoms with Gasteiger partial charge in [-0.2, -0.15) is 0 Å². The molecule has 0 aliphatic heterocycles. The SMILES string of the molecule is Cc1ccc(C)c(COc2ccccc2C=CC(=O)O)c1. The van der Waals surface area contributed by atoms with E-state index in [1.165, 1.54) is 11.1 Å². The Balaban J connectivity index is 2.16. The first-order chi connectivity index (χ1) is 10.1. The largest absolute Gasteiger partial charge is 0.488 e. The van der Waals surface area contributed by atoms with Gasteiger partial charge in [0.1, 0.15) is 12.4 Å². The molecule has 1 N–H and O–H groups in total. The predicted octanol–water partition coefficient (Wildman–Crippen LogP) is 3.98. The summed E-state index contributed by atoms with van der Waals surface area (Å²) in [6.45, 7) is 4.56. The summed E-state index contributed by atoms with van der Waals surface area (Å²) in [4.78, 5) is 10.6. The second kappa shape index (κ2) is 6.75. The summed E-state index contributed by atoms with van der Waals surface area (Å²) in [6, 6.07) is 13.6. The first kappa shape index (κ1) is 14.9. The molecule has 2 rings (SSSR count). The lowest BCUT2D eigenvalue weighted by atomic mass is 10.1. The number of benzene rings is 2. The van der Waals surface area contributed by atoms with Gasteiger partial charge in [-0.15, -0.1) is 0 Å². The van der Waals surface area contributed by atoms with Crippen LogP contribution in [0.3, 0.4) is 0 Å². The third kappa shape index (κ3) is 4.21. The minimum atomic E-state index is -0.973. The zero-order valence-corrected chi connectivity index (χ0v) is 12.2. The maximum Gasteiger partial charge on any atom is 0.328 e. The zero-order chi connectivity index (χ0) is 15.2. The van der Waals surface area contributed by atoms with Gasteiger partial charge in [-0.25, -0.2) is 4.79 Å². The molecule has 0 amide bonds. The average Bonchev–Trinajstić information content (AvgIpc) is 2.47. The lowest BCUT2D eigenvalue weighted by molar-refractivity contribution is -0.131. The molecule has 0 radical (unpaired) electrons. The van der Waals surface area contributed by atoms with E-state index in [-0.39, 0.29) is 0 Å². The fourth-order valence-corrected chi connectivity index (χ4v) is 2.02. The van der Waals surface area contributed by atoms with Gasteiger partial charge >= 0.3 is 5.97 Å². The Labute approximate surface area is 124 Å². The maximum absolute atomic E-state index is 10.6. The maximum atomic E-state index is 10.6. The van der Waals surface area contributed by atoms with Crippen molar-refractivity contribution in [3.63, 3.8) is 0 Å². The minimum absolute atomic E-state index is 0.464. The van der Waals surface area contributed by atoms with E-state index in [0.717, 1.165) is 17.2 Å². The quantitative estimate of drug-likeness (QED) is 0.844. The lowest BCUT2D eigenvalue weighted by Gasteiger charge is -2.11. The Morgan fingerprint density at radius 2 is 1.95 bits per heavy atom. The van der Waals surface area contributed by atoms with Gasteiger partial charge < -0.3 is 9.84 Å². The molecule has 0 aliphatic rings. The molecule has 0 spiro atoms. The number of carboxylic acid groups (broad SMARTS) is 1. The van der Waals surface area contributed by atoms with E-state index in [9.17, 15) is 4.79 Å². The molecule has 3 nitrogen and oxygen atoms in total. The van der Waals surface area contributed by atoms with E-state index >= 15 is 0 Å². The third-order valence-electron chi connectivity index (χ3n) is 3.21. The Hall–Kier alpha value is -2.55. The predicted molar refractivity (Wildman–Crippen MR) is 83.4 cm³/mol. The van der Waals surface area contributed by atoms with Gasteiger partial charge in [-0.3, -0.25) is 0 Å². The standard InChI is InChI=1S/C18H18O3/c1-13-7-8-14(2)16(11-13)12-21-17-6-4-3-5-15(17)9-10-18(19)20/h3-11H,12H2,1-2H3,(H,19,20). The van der Waals surface area contributed by atoms with Crippen molar-refractivity contribution in [3.05, 3.63) is 70.8 Å². The fraction of sp³-hybridized carbons (Fsp3) is 0.167. The van der Waals surface area contributed by atoms with Gasteiger partial charge in [0.25, 0.3) is 0 Å². The molecule has 108 valence electrons. The molecule has 0 aliphatic carbocycles. The van der Waals surface area contributed by atoms with Gasteiger partial charge in [0.05, 0.1) is 0 Å². The van der Waals surface area contributed by atoms with Crippen LogP contribution in [-0.4, -0.2) is 11.1 Å². The van der Waals surface area contributed by atoms with Crippen LogP contribution in [-0.2, 0) is 11.4 Å². The highest BCUT2D eigenvalue weighted by Gasteiger charge is 2.03. The minimum Gasteiger partial charge on any atom is -0.488 e. The lowest BCUT2D eigenvalue weighted by Crippen LogP contribution is -1.99. The fourth-order valence-electron chi connectivity index (χ4n) is 2.02. The second-order valence-electron chi connectivity index (χ2n) is 4.93. The Bertz CT molecular complexity index is 672. The number of hydrogen-bond acceptors (Lipinski definition) is 2. The zero-order valence-electron chi connectivity index (χ0n) is 12.2. The third-order valence-corrected chi connectivity index (χ3v) is 3.21. The first-order valence-electron chi connectivity index (χ1n) is 6.75. The number of hydrogen-bond donors (Lipinski definition) is 1.